The van der Waals surface area contributed by atoms with Crippen LogP contribution in [0.1, 0.15) is 32.3 Å². The van der Waals surface area contributed by atoms with Crippen molar-refractivity contribution in [1.29, 1.82) is 0 Å². The van der Waals surface area contributed by atoms with E-state index in [1.54, 1.807) is 13.0 Å². The van der Waals surface area contributed by atoms with Gasteiger partial charge in [-0.2, -0.15) is 0 Å². The highest BCUT2D eigenvalue weighted by atomic mass is 79.9. The van der Waals surface area contributed by atoms with Gasteiger partial charge in [0.2, 0.25) is 0 Å². The fourth-order valence-corrected chi connectivity index (χ4v) is 2.77. The average Bonchev–Trinajstić information content (AvgIpc) is 3.25. The molecule has 0 aliphatic heterocycles. The van der Waals surface area contributed by atoms with E-state index in [1.807, 2.05) is 19.1 Å². The number of halogens is 1. The molecule has 1 unspecified atom stereocenters. The van der Waals surface area contributed by atoms with E-state index >= 15 is 0 Å². The Hall–Kier alpha value is -1.56. The van der Waals surface area contributed by atoms with Crippen molar-refractivity contribution in [1.82, 2.24) is 5.32 Å². The second kappa shape index (κ2) is 6.05. The number of aliphatic carboxylic acids is 1. The molecule has 1 fully saturated rings. The molecule has 1 aliphatic rings. The van der Waals surface area contributed by atoms with Crippen LogP contribution < -0.4 is 10.6 Å². The van der Waals surface area contributed by atoms with Crippen LogP contribution in [-0.2, 0) is 11.2 Å². The van der Waals surface area contributed by atoms with Gasteiger partial charge in [0.15, 0.2) is 0 Å². The number of nitrogens with one attached hydrogen (secondary N) is 2. The van der Waals surface area contributed by atoms with Gasteiger partial charge in [-0.15, -0.1) is 0 Å². The summed E-state index contributed by atoms with van der Waals surface area (Å²) >= 11 is 3.39. The summed E-state index contributed by atoms with van der Waals surface area (Å²) in [5.74, 6) is -0.983. The van der Waals surface area contributed by atoms with Crippen molar-refractivity contribution in [2.24, 2.45) is 5.92 Å². The van der Waals surface area contributed by atoms with Gasteiger partial charge >= 0.3 is 12.0 Å². The van der Waals surface area contributed by atoms with Crippen LogP contribution in [-0.4, -0.2) is 22.6 Å². The number of benzene rings is 1. The Morgan fingerprint density at radius 3 is 2.62 bits per heavy atom. The van der Waals surface area contributed by atoms with E-state index in [2.05, 4.69) is 26.6 Å². The maximum atomic E-state index is 12.1. The highest BCUT2D eigenvalue weighted by Crippen LogP contribution is 2.39. The fraction of sp³-hybridized carbons (Fsp3) is 0.467. The quantitative estimate of drug-likeness (QED) is 0.758. The molecule has 21 heavy (non-hydrogen) atoms. The number of carboxylic acid groups (broad SMARTS) is 1. The first-order valence-corrected chi connectivity index (χ1v) is 7.77. The molecular formula is C15H19BrN2O3. The Labute approximate surface area is 132 Å². The number of anilines is 1. The third kappa shape index (κ3) is 3.56. The minimum absolute atomic E-state index is 0.0105. The van der Waals surface area contributed by atoms with Gasteiger partial charge in [-0.05, 0) is 55.9 Å². The maximum Gasteiger partial charge on any atom is 0.329 e. The zero-order valence-electron chi connectivity index (χ0n) is 12.1. The predicted molar refractivity (Wildman–Crippen MR) is 84.4 cm³/mol. The molecule has 0 bridgehead atoms. The number of carboxylic acids is 1. The van der Waals surface area contributed by atoms with Crippen molar-refractivity contribution >= 4 is 33.6 Å². The molecule has 1 aromatic carbocycles. The monoisotopic (exact) mass is 354 g/mol. The molecule has 2 amide bonds. The summed E-state index contributed by atoms with van der Waals surface area (Å²) in [5, 5.41) is 14.7. The van der Waals surface area contributed by atoms with Crippen LogP contribution in [0.4, 0.5) is 10.5 Å². The molecule has 0 heterocycles. The van der Waals surface area contributed by atoms with E-state index in [1.165, 1.54) is 0 Å². The molecule has 114 valence electrons. The standard InChI is InChI=1S/C15H19BrN2O3/c1-3-9-8-11(16)6-7-12(9)17-14(21)18-15(2,13(19)20)10-4-5-10/h6-8,10H,3-5H2,1-2H3,(H,19,20)(H2,17,18,21). The summed E-state index contributed by atoms with van der Waals surface area (Å²) in [6.45, 7) is 3.56. The molecule has 0 radical (unpaired) electrons. The number of aryl methyl sites for hydroxylation is 1. The lowest BCUT2D eigenvalue weighted by Crippen LogP contribution is -2.55. The Morgan fingerprint density at radius 1 is 1.43 bits per heavy atom. The maximum absolute atomic E-state index is 12.1. The van der Waals surface area contributed by atoms with E-state index in [9.17, 15) is 14.7 Å². The number of carbonyl (C=O) groups excluding carboxylic acids is 1. The van der Waals surface area contributed by atoms with Gasteiger partial charge in [0.1, 0.15) is 5.54 Å². The second-order valence-corrected chi connectivity index (χ2v) is 6.43. The third-order valence-corrected chi connectivity index (χ3v) is 4.40. The van der Waals surface area contributed by atoms with Gasteiger partial charge in [-0.1, -0.05) is 22.9 Å². The molecule has 1 saturated carbocycles. The van der Waals surface area contributed by atoms with Crippen LogP contribution in [0.2, 0.25) is 0 Å². The van der Waals surface area contributed by atoms with Gasteiger partial charge in [-0.25, -0.2) is 9.59 Å². The topological polar surface area (TPSA) is 78.4 Å². The minimum atomic E-state index is -1.20. The highest BCUT2D eigenvalue weighted by Gasteiger charge is 2.48. The molecular weight excluding hydrogens is 336 g/mol. The second-order valence-electron chi connectivity index (χ2n) is 5.52. The summed E-state index contributed by atoms with van der Waals surface area (Å²) < 4.78 is 0.943. The SMILES string of the molecule is CCc1cc(Br)ccc1NC(=O)NC(C)(C(=O)O)C1CC1. The molecule has 2 rings (SSSR count). The predicted octanol–water partition coefficient (Wildman–Crippen LogP) is 3.39. The van der Waals surface area contributed by atoms with E-state index in [-0.39, 0.29) is 5.92 Å². The van der Waals surface area contributed by atoms with Crippen LogP contribution in [0, 0.1) is 5.92 Å². The van der Waals surface area contributed by atoms with Crippen LogP contribution in [0.5, 0.6) is 0 Å². The fourth-order valence-electron chi connectivity index (χ4n) is 2.36. The lowest BCUT2D eigenvalue weighted by molar-refractivity contribution is -0.144. The summed E-state index contributed by atoms with van der Waals surface area (Å²) in [6, 6.07) is 5.10. The van der Waals surface area contributed by atoms with Crippen molar-refractivity contribution in [3.63, 3.8) is 0 Å². The Balaban J connectivity index is 2.09. The molecule has 1 atom stereocenters. The van der Waals surface area contributed by atoms with Gasteiger partial charge in [0.25, 0.3) is 0 Å². The van der Waals surface area contributed by atoms with Gasteiger partial charge in [0, 0.05) is 10.2 Å². The summed E-state index contributed by atoms with van der Waals surface area (Å²) in [4.78, 5) is 23.5. The smallest absolute Gasteiger partial charge is 0.329 e. The van der Waals surface area contributed by atoms with Gasteiger partial charge in [-0.3, -0.25) is 0 Å². The highest BCUT2D eigenvalue weighted by molar-refractivity contribution is 9.10. The third-order valence-electron chi connectivity index (χ3n) is 3.91. The Morgan fingerprint density at radius 2 is 2.10 bits per heavy atom. The Bertz CT molecular complexity index is 572. The number of hydrogen-bond acceptors (Lipinski definition) is 2. The average molecular weight is 355 g/mol. The zero-order chi connectivity index (χ0) is 15.6. The zero-order valence-corrected chi connectivity index (χ0v) is 13.7. The van der Waals surface area contributed by atoms with Gasteiger partial charge in [0.05, 0.1) is 0 Å². The van der Waals surface area contributed by atoms with Crippen molar-refractivity contribution < 1.29 is 14.7 Å². The Kier molecular flexibility index (Phi) is 4.56. The normalized spacial score (nSPS) is 16.9. The molecule has 5 nitrogen and oxygen atoms in total. The molecule has 0 aromatic heterocycles. The van der Waals surface area contributed by atoms with E-state index < -0.39 is 17.5 Å². The molecule has 0 spiro atoms. The van der Waals surface area contributed by atoms with E-state index in [0.29, 0.717) is 5.69 Å². The number of carbonyl (C=O) groups is 2. The van der Waals surface area contributed by atoms with Crippen molar-refractivity contribution in [3.05, 3.63) is 28.2 Å². The summed E-state index contributed by atoms with van der Waals surface area (Å²) in [5.41, 5.74) is 0.482. The number of hydrogen-bond donors (Lipinski definition) is 3. The molecule has 1 aliphatic carbocycles. The summed E-state index contributed by atoms with van der Waals surface area (Å²) in [7, 11) is 0. The number of amides is 2. The minimum Gasteiger partial charge on any atom is -0.480 e. The van der Waals surface area contributed by atoms with Crippen LogP contribution in [0.3, 0.4) is 0 Å². The van der Waals surface area contributed by atoms with Crippen molar-refractivity contribution in [3.8, 4) is 0 Å². The largest absolute Gasteiger partial charge is 0.480 e. The first-order chi connectivity index (χ1) is 9.86. The van der Waals surface area contributed by atoms with E-state index in [4.69, 9.17) is 0 Å². The van der Waals surface area contributed by atoms with Gasteiger partial charge < -0.3 is 15.7 Å². The number of urea groups is 1. The molecule has 3 N–H and O–H groups in total. The van der Waals surface area contributed by atoms with Crippen molar-refractivity contribution in [2.75, 3.05) is 5.32 Å². The van der Waals surface area contributed by atoms with Crippen LogP contribution >= 0.6 is 15.9 Å². The van der Waals surface area contributed by atoms with Crippen molar-refractivity contribution in [2.45, 2.75) is 38.6 Å². The van der Waals surface area contributed by atoms with Crippen LogP contribution in [0.15, 0.2) is 22.7 Å². The first kappa shape index (κ1) is 15.8. The number of rotatable bonds is 5. The van der Waals surface area contributed by atoms with E-state index in [0.717, 1.165) is 29.3 Å². The van der Waals surface area contributed by atoms with Crippen LogP contribution in [0.25, 0.3) is 0 Å². The molecule has 6 heteroatoms. The lowest BCUT2D eigenvalue weighted by Gasteiger charge is -2.26. The molecule has 1 aromatic rings. The lowest BCUT2D eigenvalue weighted by atomic mass is 9.96. The summed E-state index contributed by atoms with van der Waals surface area (Å²) in [6.07, 6.45) is 2.44. The molecule has 0 saturated heterocycles. The first-order valence-electron chi connectivity index (χ1n) is 6.97.